The molecule has 0 radical (unpaired) electrons. The number of β-lactam (4-membered cyclic amide) rings is 1. The minimum atomic E-state index is -4.46. The normalized spacial score (nSPS) is 17.7. The molecule has 0 aromatic heterocycles. The maximum atomic E-state index is 12.6. The summed E-state index contributed by atoms with van der Waals surface area (Å²) >= 11 is 0. The van der Waals surface area contributed by atoms with Gasteiger partial charge in [-0.25, -0.2) is 0 Å². The highest BCUT2D eigenvalue weighted by atomic mass is 19.4. The molecule has 1 heterocycles. The number of alkyl halides is 3. The lowest BCUT2D eigenvalue weighted by Crippen LogP contribution is -2.56. The lowest BCUT2D eigenvalue weighted by molar-refractivity contribution is -0.143. The van der Waals surface area contributed by atoms with Gasteiger partial charge in [0, 0.05) is 5.69 Å². The van der Waals surface area contributed by atoms with Crippen molar-refractivity contribution in [2.24, 2.45) is 0 Å². The third kappa shape index (κ3) is 2.62. The topological polar surface area (TPSA) is 46.6 Å². The highest BCUT2D eigenvalue weighted by molar-refractivity contribution is 6.51. The first-order chi connectivity index (χ1) is 11.3. The molecule has 2 aromatic rings. The summed E-state index contributed by atoms with van der Waals surface area (Å²) < 4.78 is 42.9. The van der Waals surface area contributed by atoms with E-state index in [2.05, 4.69) is 0 Å². The van der Waals surface area contributed by atoms with E-state index >= 15 is 0 Å². The number of hydrogen-bond acceptors (Lipinski definition) is 3. The van der Waals surface area contributed by atoms with Crippen LogP contribution in [0, 0.1) is 0 Å². The van der Waals surface area contributed by atoms with Gasteiger partial charge in [0.25, 0.3) is 5.91 Å². The second-order valence-corrected chi connectivity index (χ2v) is 5.26. The van der Waals surface area contributed by atoms with Gasteiger partial charge in [0.2, 0.25) is 5.78 Å². The van der Waals surface area contributed by atoms with Gasteiger partial charge < -0.3 is 4.74 Å². The van der Waals surface area contributed by atoms with E-state index in [9.17, 15) is 22.8 Å². The summed E-state index contributed by atoms with van der Waals surface area (Å²) in [6, 6.07) is 9.89. The molecule has 124 valence electrons. The van der Waals surface area contributed by atoms with Crippen LogP contribution in [0.3, 0.4) is 0 Å². The third-order valence-electron chi connectivity index (χ3n) is 3.84. The molecule has 3 rings (SSSR count). The van der Waals surface area contributed by atoms with Gasteiger partial charge in [-0.2, -0.15) is 13.2 Å². The largest absolute Gasteiger partial charge is 0.497 e. The van der Waals surface area contributed by atoms with Crippen LogP contribution in [0.15, 0.2) is 48.5 Å². The maximum absolute atomic E-state index is 12.6. The van der Waals surface area contributed by atoms with Crippen LogP contribution in [-0.4, -0.2) is 18.8 Å². The van der Waals surface area contributed by atoms with Crippen LogP contribution >= 0.6 is 0 Å². The van der Waals surface area contributed by atoms with Gasteiger partial charge in [-0.15, -0.1) is 0 Å². The van der Waals surface area contributed by atoms with Gasteiger partial charge >= 0.3 is 6.18 Å². The molecule has 4 nitrogen and oxygen atoms in total. The van der Waals surface area contributed by atoms with E-state index in [1.165, 1.54) is 24.1 Å². The molecular formula is C17H12F3NO3. The Morgan fingerprint density at radius 2 is 1.54 bits per heavy atom. The molecule has 0 spiro atoms. The van der Waals surface area contributed by atoms with Gasteiger partial charge in [-0.1, -0.05) is 12.1 Å². The first-order valence-corrected chi connectivity index (χ1v) is 7.01. The number of benzene rings is 2. The molecule has 0 N–H and O–H groups in total. The molecule has 1 atom stereocenters. The maximum Gasteiger partial charge on any atom is 0.416 e. The number of hydrogen-bond donors (Lipinski definition) is 0. The summed E-state index contributed by atoms with van der Waals surface area (Å²) in [6.45, 7) is 0. The van der Waals surface area contributed by atoms with Crippen molar-refractivity contribution in [3.63, 3.8) is 0 Å². The van der Waals surface area contributed by atoms with Crippen LogP contribution < -0.4 is 9.64 Å². The van der Waals surface area contributed by atoms with E-state index in [4.69, 9.17) is 4.74 Å². The molecule has 24 heavy (non-hydrogen) atoms. The first kappa shape index (κ1) is 16.0. The number of Topliss-reactive ketones (excluding diaryl/α,β-unsaturated/α-hetero) is 1. The molecule has 1 fully saturated rings. The van der Waals surface area contributed by atoms with E-state index < -0.39 is 29.5 Å². The summed E-state index contributed by atoms with van der Waals surface area (Å²) in [5.74, 6) is -0.742. The first-order valence-electron chi connectivity index (χ1n) is 7.01. The fourth-order valence-electron chi connectivity index (χ4n) is 2.57. The number of carbonyl (C=O) groups excluding carboxylic acids is 2. The number of carbonyl (C=O) groups is 2. The number of nitrogens with zero attached hydrogens (tertiary/aromatic N) is 1. The molecule has 1 amide bonds. The number of ketones is 1. The van der Waals surface area contributed by atoms with Gasteiger partial charge in [0.1, 0.15) is 11.8 Å². The van der Waals surface area contributed by atoms with Crippen molar-refractivity contribution in [3.05, 3.63) is 59.7 Å². The SMILES string of the molecule is COc1ccc(C2C(=O)C(=O)N2c2ccc(C(F)(F)F)cc2)cc1. The van der Waals surface area contributed by atoms with Crippen molar-refractivity contribution in [3.8, 4) is 5.75 Å². The summed E-state index contributed by atoms with van der Waals surface area (Å²) in [7, 11) is 1.50. The Balaban J connectivity index is 1.90. The summed E-state index contributed by atoms with van der Waals surface area (Å²) in [5, 5.41) is 0. The molecule has 1 unspecified atom stereocenters. The highest BCUT2D eigenvalue weighted by Gasteiger charge is 2.48. The van der Waals surface area contributed by atoms with Gasteiger partial charge in [0.15, 0.2) is 0 Å². The lowest BCUT2D eigenvalue weighted by Gasteiger charge is -2.38. The molecule has 0 saturated carbocycles. The Morgan fingerprint density at radius 3 is 2.04 bits per heavy atom. The smallest absolute Gasteiger partial charge is 0.416 e. The van der Waals surface area contributed by atoms with E-state index in [1.54, 1.807) is 24.3 Å². The van der Waals surface area contributed by atoms with Crippen molar-refractivity contribution < 1.29 is 27.5 Å². The summed E-state index contributed by atoms with van der Waals surface area (Å²) in [5.41, 5.74) is 0.000243. The van der Waals surface area contributed by atoms with Crippen molar-refractivity contribution in [1.29, 1.82) is 0 Å². The Hall–Kier alpha value is -2.83. The summed E-state index contributed by atoms with van der Waals surface area (Å²) in [4.78, 5) is 25.0. The Labute approximate surface area is 135 Å². The zero-order valence-corrected chi connectivity index (χ0v) is 12.5. The predicted molar refractivity (Wildman–Crippen MR) is 79.7 cm³/mol. The zero-order valence-electron chi connectivity index (χ0n) is 12.5. The Morgan fingerprint density at radius 1 is 0.958 bits per heavy atom. The van der Waals surface area contributed by atoms with Gasteiger partial charge in [-0.3, -0.25) is 14.5 Å². The van der Waals surface area contributed by atoms with Crippen molar-refractivity contribution in [1.82, 2.24) is 0 Å². The van der Waals surface area contributed by atoms with Crippen molar-refractivity contribution >= 4 is 17.4 Å². The fourth-order valence-corrected chi connectivity index (χ4v) is 2.57. The van der Waals surface area contributed by atoms with Crippen molar-refractivity contribution in [2.45, 2.75) is 12.2 Å². The summed E-state index contributed by atoms with van der Waals surface area (Å²) in [6.07, 6.45) is -4.46. The third-order valence-corrected chi connectivity index (χ3v) is 3.84. The van der Waals surface area contributed by atoms with Crippen LogP contribution in [0.5, 0.6) is 5.75 Å². The molecule has 1 aliphatic rings. The van der Waals surface area contributed by atoms with E-state index in [-0.39, 0.29) is 5.69 Å². The van der Waals surface area contributed by atoms with Crippen LogP contribution in [0.25, 0.3) is 0 Å². The number of ether oxygens (including phenoxy) is 1. The molecule has 1 saturated heterocycles. The second-order valence-electron chi connectivity index (χ2n) is 5.26. The average Bonchev–Trinajstić information content (AvgIpc) is 2.58. The standard InChI is InChI=1S/C17H12F3NO3/c1-24-13-8-2-10(3-9-13)14-15(22)16(23)21(14)12-6-4-11(5-7-12)17(18,19)20/h2-9,14H,1H3. The quantitative estimate of drug-likeness (QED) is 0.638. The number of anilines is 1. The minimum absolute atomic E-state index is 0.244. The molecular weight excluding hydrogens is 323 g/mol. The van der Waals surface area contributed by atoms with Gasteiger partial charge in [-0.05, 0) is 42.0 Å². The predicted octanol–water partition coefficient (Wildman–Crippen LogP) is 3.37. The van der Waals surface area contributed by atoms with E-state index in [1.807, 2.05) is 0 Å². The zero-order chi connectivity index (χ0) is 17.5. The highest BCUT2D eigenvalue weighted by Crippen LogP contribution is 2.38. The monoisotopic (exact) mass is 335 g/mol. The fraction of sp³-hybridized carbons (Fsp3) is 0.176. The molecule has 1 aliphatic heterocycles. The Bertz CT molecular complexity index is 782. The number of rotatable bonds is 3. The molecule has 0 bridgehead atoms. The van der Waals surface area contributed by atoms with Crippen molar-refractivity contribution in [2.75, 3.05) is 12.0 Å². The molecule has 2 aromatic carbocycles. The van der Waals surface area contributed by atoms with Crippen LogP contribution in [0.4, 0.5) is 18.9 Å². The van der Waals surface area contributed by atoms with Crippen LogP contribution in [-0.2, 0) is 15.8 Å². The molecule has 0 aliphatic carbocycles. The Kier molecular flexibility index (Phi) is 3.79. The molecule has 7 heteroatoms. The van der Waals surface area contributed by atoms with E-state index in [0.29, 0.717) is 11.3 Å². The number of amides is 1. The average molecular weight is 335 g/mol. The number of methoxy groups -OCH3 is 1. The minimum Gasteiger partial charge on any atom is -0.497 e. The van der Waals surface area contributed by atoms with Crippen LogP contribution in [0.1, 0.15) is 17.2 Å². The van der Waals surface area contributed by atoms with E-state index in [0.717, 1.165) is 12.1 Å². The van der Waals surface area contributed by atoms with Crippen LogP contribution in [0.2, 0.25) is 0 Å². The second kappa shape index (κ2) is 5.67. The van der Waals surface area contributed by atoms with Gasteiger partial charge in [0.05, 0.1) is 12.7 Å². The number of halogens is 3. The lowest BCUT2D eigenvalue weighted by atomic mass is 9.91.